The number of thiazole rings is 1. The van der Waals surface area contributed by atoms with Gasteiger partial charge in [0.25, 0.3) is 0 Å². The third-order valence-corrected chi connectivity index (χ3v) is 4.99. The van der Waals surface area contributed by atoms with Gasteiger partial charge in [-0.25, -0.2) is 4.98 Å². The van der Waals surface area contributed by atoms with E-state index in [0.29, 0.717) is 11.6 Å². The minimum Gasteiger partial charge on any atom is -0.376 e. The molecule has 0 bridgehead atoms. The van der Waals surface area contributed by atoms with E-state index >= 15 is 0 Å². The smallest absolute Gasteiger partial charge is 0.245 e. The van der Waals surface area contributed by atoms with Crippen LogP contribution in [0.25, 0.3) is 0 Å². The van der Waals surface area contributed by atoms with E-state index in [1.54, 1.807) is 6.20 Å². The Morgan fingerprint density at radius 1 is 1.16 bits per heavy atom. The van der Waals surface area contributed by atoms with Gasteiger partial charge in [-0.15, -0.1) is 11.3 Å². The van der Waals surface area contributed by atoms with Crippen molar-refractivity contribution >= 4 is 39.7 Å². The summed E-state index contributed by atoms with van der Waals surface area (Å²) in [6.45, 7) is 2.20. The van der Waals surface area contributed by atoms with Gasteiger partial charge in [0.05, 0.1) is 6.54 Å². The van der Waals surface area contributed by atoms with Crippen molar-refractivity contribution in [3.63, 3.8) is 0 Å². The van der Waals surface area contributed by atoms with Gasteiger partial charge in [-0.2, -0.15) is 0 Å². The summed E-state index contributed by atoms with van der Waals surface area (Å²) in [7, 11) is 0. The Labute approximate surface area is 155 Å². The highest BCUT2D eigenvalue weighted by Gasteiger charge is 2.09. The molecule has 0 aliphatic heterocycles. The Morgan fingerprint density at radius 3 is 2.72 bits per heavy atom. The van der Waals surface area contributed by atoms with E-state index in [0.717, 1.165) is 26.7 Å². The second-order valence-corrected chi connectivity index (χ2v) is 7.14. The van der Waals surface area contributed by atoms with Crippen LogP contribution >= 0.6 is 22.9 Å². The first-order chi connectivity index (χ1) is 12.1. The van der Waals surface area contributed by atoms with Gasteiger partial charge in [-0.1, -0.05) is 48.0 Å². The summed E-state index contributed by atoms with van der Waals surface area (Å²) in [5.41, 5.74) is 3.11. The molecular weight excluding hydrogens is 354 g/mol. The number of hydrogen-bond donors (Lipinski definition) is 2. The number of para-hydroxylation sites is 1. The van der Waals surface area contributed by atoms with Gasteiger partial charge in [0.2, 0.25) is 5.91 Å². The molecule has 0 spiro atoms. The van der Waals surface area contributed by atoms with Crippen LogP contribution in [-0.2, 0) is 11.2 Å². The molecule has 0 saturated heterocycles. The van der Waals surface area contributed by atoms with Gasteiger partial charge >= 0.3 is 0 Å². The second-order valence-electron chi connectivity index (χ2n) is 5.62. The largest absolute Gasteiger partial charge is 0.376 e. The fourth-order valence-electron chi connectivity index (χ4n) is 2.39. The number of hydrogen-bond acceptors (Lipinski definition) is 4. The van der Waals surface area contributed by atoms with Gasteiger partial charge < -0.3 is 10.6 Å². The number of carbonyl (C=O) groups is 1. The standard InChI is InChI=1S/C19H18ClN3OS/c1-13-6-2-5-9-17(13)21-12-18(24)23-19-22-11-15(25-19)10-14-7-3-4-8-16(14)20/h2-9,11,21H,10,12H2,1H3,(H,22,23,24). The first kappa shape index (κ1) is 17.5. The molecule has 0 aliphatic rings. The topological polar surface area (TPSA) is 54.0 Å². The Morgan fingerprint density at radius 2 is 1.92 bits per heavy atom. The minimum atomic E-state index is -0.123. The predicted molar refractivity (Wildman–Crippen MR) is 105 cm³/mol. The molecule has 0 aliphatic carbocycles. The van der Waals surface area contributed by atoms with Crippen molar-refractivity contribution in [2.45, 2.75) is 13.3 Å². The van der Waals surface area contributed by atoms with E-state index in [1.807, 2.05) is 55.5 Å². The van der Waals surface area contributed by atoms with Crippen molar-refractivity contribution in [1.82, 2.24) is 4.98 Å². The van der Waals surface area contributed by atoms with Crippen LogP contribution in [0.1, 0.15) is 16.0 Å². The van der Waals surface area contributed by atoms with Crippen molar-refractivity contribution in [3.05, 3.63) is 75.8 Å². The lowest BCUT2D eigenvalue weighted by molar-refractivity contribution is -0.114. The van der Waals surface area contributed by atoms with Crippen LogP contribution in [0.3, 0.4) is 0 Å². The number of anilines is 2. The van der Waals surface area contributed by atoms with Gasteiger partial charge in [0.1, 0.15) is 0 Å². The molecular formula is C19H18ClN3OS. The van der Waals surface area contributed by atoms with Crippen LogP contribution < -0.4 is 10.6 Å². The number of nitrogens with one attached hydrogen (secondary N) is 2. The van der Waals surface area contributed by atoms with E-state index in [9.17, 15) is 4.79 Å². The fourth-order valence-corrected chi connectivity index (χ4v) is 3.44. The Balaban J connectivity index is 1.55. The van der Waals surface area contributed by atoms with E-state index < -0.39 is 0 Å². The molecule has 6 heteroatoms. The Hall–Kier alpha value is -2.37. The van der Waals surface area contributed by atoms with Crippen molar-refractivity contribution in [2.75, 3.05) is 17.2 Å². The van der Waals surface area contributed by atoms with Crippen molar-refractivity contribution in [3.8, 4) is 0 Å². The van der Waals surface area contributed by atoms with Crippen molar-refractivity contribution in [1.29, 1.82) is 0 Å². The summed E-state index contributed by atoms with van der Waals surface area (Å²) in [6.07, 6.45) is 2.48. The summed E-state index contributed by atoms with van der Waals surface area (Å²) in [4.78, 5) is 17.4. The number of aryl methyl sites for hydroxylation is 1. The maximum Gasteiger partial charge on any atom is 0.245 e. The van der Waals surface area contributed by atoms with Crippen LogP contribution in [0.2, 0.25) is 5.02 Å². The molecule has 0 atom stereocenters. The van der Waals surface area contributed by atoms with Crippen LogP contribution in [-0.4, -0.2) is 17.4 Å². The van der Waals surface area contributed by atoms with Gasteiger partial charge in [0, 0.05) is 28.2 Å². The minimum absolute atomic E-state index is 0.123. The summed E-state index contributed by atoms with van der Waals surface area (Å²) < 4.78 is 0. The average Bonchev–Trinajstić information content (AvgIpc) is 3.03. The molecule has 128 valence electrons. The van der Waals surface area contributed by atoms with Crippen LogP contribution in [0, 0.1) is 6.92 Å². The van der Waals surface area contributed by atoms with Crippen molar-refractivity contribution in [2.24, 2.45) is 0 Å². The summed E-state index contributed by atoms with van der Waals surface area (Å²) >= 11 is 7.64. The lowest BCUT2D eigenvalue weighted by Crippen LogP contribution is -2.21. The van der Waals surface area contributed by atoms with Gasteiger partial charge in [-0.05, 0) is 30.2 Å². The normalized spacial score (nSPS) is 10.5. The molecule has 2 aromatic carbocycles. The number of rotatable bonds is 6. The number of halogens is 1. The summed E-state index contributed by atoms with van der Waals surface area (Å²) in [6, 6.07) is 15.6. The second kappa shape index (κ2) is 8.14. The number of nitrogens with zero attached hydrogens (tertiary/aromatic N) is 1. The van der Waals surface area contributed by atoms with Crippen LogP contribution in [0.4, 0.5) is 10.8 Å². The van der Waals surface area contributed by atoms with E-state index in [1.165, 1.54) is 11.3 Å². The molecule has 3 aromatic rings. The third-order valence-electron chi connectivity index (χ3n) is 3.71. The first-order valence-corrected chi connectivity index (χ1v) is 9.09. The maximum atomic E-state index is 12.1. The molecule has 1 aromatic heterocycles. The third kappa shape index (κ3) is 4.81. The number of carbonyl (C=O) groups excluding carboxylic acids is 1. The molecule has 4 nitrogen and oxygen atoms in total. The molecule has 2 N–H and O–H groups in total. The molecule has 25 heavy (non-hydrogen) atoms. The Kier molecular flexibility index (Phi) is 5.68. The zero-order chi connectivity index (χ0) is 17.6. The van der Waals surface area contributed by atoms with Crippen LogP contribution in [0.15, 0.2) is 54.7 Å². The molecule has 3 rings (SSSR count). The predicted octanol–water partition coefficient (Wildman–Crippen LogP) is 4.75. The lowest BCUT2D eigenvalue weighted by atomic mass is 10.1. The lowest BCUT2D eigenvalue weighted by Gasteiger charge is -2.08. The molecule has 0 unspecified atom stereocenters. The summed E-state index contributed by atoms with van der Waals surface area (Å²) in [5.74, 6) is -0.123. The highest BCUT2D eigenvalue weighted by atomic mass is 35.5. The molecule has 0 radical (unpaired) electrons. The van der Waals surface area contributed by atoms with Gasteiger partial charge in [-0.3, -0.25) is 4.79 Å². The monoisotopic (exact) mass is 371 g/mol. The van der Waals surface area contributed by atoms with E-state index in [4.69, 9.17) is 11.6 Å². The molecule has 1 heterocycles. The average molecular weight is 372 g/mol. The zero-order valence-electron chi connectivity index (χ0n) is 13.8. The van der Waals surface area contributed by atoms with Crippen LogP contribution in [0.5, 0.6) is 0 Å². The van der Waals surface area contributed by atoms with Gasteiger partial charge in [0.15, 0.2) is 5.13 Å². The first-order valence-electron chi connectivity index (χ1n) is 7.89. The quantitative estimate of drug-likeness (QED) is 0.657. The maximum absolute atomic E-state index is 12.1. The fraction of sp³-hybridized carbons (Fsp3) is 0.158. The molecule has 1 amide bonds. The van der Waals surface area contributed by atoms with Crippen molar-refractivity contribution < 1.29 is 4.79 Å². The molecule has 0 saturated carbocycles. The SMILES string of the molecule is Cc1ccccc1NCC(=O)Nc1ncc(Cc2ccccc2Cl)s1. The number of benzene rings is 2. The zero-order valence-corrected chi connectivity index (χ0v) is 15.3. The Bertz CT molecular complexity index is 878. The van der Waals surface area contributed by atoms with E-state index in [2.05, 4.69) is 15.6 Å². The molecule has 0 fully saturated rings. The highest BCUT2D eigenvalue weighted by Crippen LogP contribution is 2.24. The number of aromatic nitrogens is 1. The highest BCUT2D eigenvalue weighted by molar-refractivity contribution is 7.15. The number of amides is 1. The van der Waals surface area contributed by atoms with E-state index in [-0.39, 0.29) is 12.5 Å². The summed E-state index contributed by atoms with van der Waals surface area (Å²) in [5, 5.41) is 7.30.